The second kappa shape index (κ2) is 5.69. The Morgan fingerprint density at radius 1 is 1.14 bits per heavy atom. The van der Waals surface area contributed by atoms with E-state index in [1.807, 2.05) is 6.07 Å². The van der Waals surface area contributed by atoms with E-state index >= 15 is 0 Å². The summed E-state index contributed by atoms with van der Waals surface area (Å²) in [5.41, 5.74) is 8.04. The number of fused-ring (bicyclic) bond motifs is 1. The molecule has 1 aromatic heterocycles. The number of aromatic amines is 1. The number of hydrogen-bond donors (Lipinski definition) is 3. The number of anilines is 1. The van der Waals surface area contributed by atoms with Gasteiger partial charge < -0.3 is 11.1 Å². The third-order valence-corrected chi connectivity index (χ3v) is 3.29. The van der Waals surface area contributed by atoms with E-state index in [2.05, 4.69) is 15.5 Å². The number of carbonyl (C=O) groups excluding carboxylic acids is 2. The molecule has 6 nitrogen and oxygen atoms in total. The Hall–Kier alpha value is -3.15. The molecule has 6 heteroatoms. The maximum atomic E-state index is 12.2. The maximum absolute atomic E-state index is 12.2. The van der Waals surface area contributed by atoms with E-state index in [1.54, 1.807) is 42.6 Å². The van der Waals surface area contributed by atoms with Crippen molar-refractivity contribution < 1.29 is 9.59 Å². The fourth-order valence-electron chi connectivity index (χ4n) is 2.19. The minimum absolute atomic E-state index is 0.186. The Kier molecular flexibility index (Phi) is 3.57. The molecule has 22 heavy (non-hydrogen) atoms. The summed E-state index contributed by atoms with van der Waals surface area (Å²) < 4.78 is 0. The molecule has 0 fully saturated rings. The number of aromatic nitrogens is 2. The number of nitrogens with one attached hydrogen (secondary N) is 2. The zero-order valence-corrected chi connectivity index (χ0v) is 11.7. The Balaban J connectivity index is 1.74. The van der Waals surface area contributed by atoms with Crippen molar-refractivity contribution in [2.24, 2.45) is 5.73 Å². The van der Waals surface area contributed by atoms with E-state index in [4.69, 9.17) is 5.73 Å². The molecule has 3 aromatic rings. The second-order valence-corrected chi connectivity index (χ2v) is 4.97. The van der Waals surface area contributed by atoms with Crippen LogP contribution in [0.15, 0.2) is 48.7 Å². The van der Waals surface area contributed by atoms with Gasteiger partial charge in [-0.1, -0.05) is 12.1 Å². The van der Waals surface area contributed by atoms with Gasteiger partial charge in [-0.25, -0.2) is 0 Å². The first-order valence-corrected chi connectivity index (χ1v) is 6.73. The van der Waals surface area contributed by atoms with E-state index in [0.717, 1.165) is 16.5 Å². The molecular weight excluding hydrogens is 280 g/mol. The third kappa shape index (κ3) is 2.95. The van der Waals surface area contributed by atoms with Gasteiger partial charge in [0.25, 0.3) is 5.91 Å². The van der Waals surface area contributed by atoms with Crippen molar-refractivity contribution in [2.75, 3.05) is 5.32 Å². The van der Waals surface area contributed by atoms with Crippen molar-refractivity contribution in [3.63, 3.8) is 0 Å². The molecule has 2 amide bonds. The van der Waals surface area contributed by atoms with Crippen LogP contribution in [-0.4, -0.2) is 22.0 Å². The smallest absolute Gasteiger partial charge is 0.255 e. The van der Waals surface area contributed by atoms with E-state index < -0.39 is 0 Å². The van der Waals surface area contributed by atoms with E-state index in [1.165, 1.54) is 0 Å². The lowest BCUT2D eigenvalue weighted by Gasteiger charge is -2.06. The molecule has 0 unspecified atom stereocenters. The number of H-pyrrole nitrogens is 1. The summed E-state index contributed by atoms with van der Waals surface area (Å²) in [6.07, 6.45) is 1.86. The van der Waals surface area contributed by atoms with Crippen LogP contribution in [0.25, 0.3) is 10.9 Å². The molecule has 110 valence electrons. The van der Waals surface area contributed by atoms with Crippen molar-refractivity contribution in [1.29, 1.82) is 0 Å². The van der Waals surface area contributed by atoms with Crippen LogP contribution in [0.3, 0.4) is 0 Å². The minimum atomic E-state index is -0.384. The van der Waals surface area contributed by atoms with Gasteiger partial charge in [0.15, 0.2) is 0 Å². The first kappa shape index (κ1) is 13.8. The van der Waals surface area contributed by atoms with Crippen LogP contribution in [0.2, 0.25) is 0 Å². The fourth-order valence-corrected chi connectivity index (χ4v) is 2.19. The van der Waals surface area contributed by atoms with Gasteiger partial charge in [-0.2, -0.15) is 5.10 Å². The van der Waals surface area contributed by atoms with Gasteiger partial charge >= 0.3 is 0 Å². The molecule has 0 radical (unpaired) electrons. The number of carbonyl (C=O) groups is 2. The van der Waals surface area contributed by atoms with Gasteiger partial charge in [-0.3, -0.25) is 14.7 Å². The van der Waals surface area contributed by atoms with Crippen molar-refractivity contribution in [3.05, 3.63) is 59.8 Å². The molecule has 0 aliphatic heterocycles. The molecule has 3 rings (SSSR count). The summed E-state index contributed by atoms with van der Waals surface area (Å²) in [6.45, 7) is 0. The first-order chi connectivity index (χ1) is 10.6. The summed E-state index contributed by atoms with van der Waals surface area (Å²) in [4.78, 5) is 23.1. The Bertz CT molecular complexity index is 837. The predicted molar refractivity (Wildman–Crippen MR) is 83.4 cm³/mol. The number of benzene rings is 2. The fraction of sp³-hybridized carbons (Fsp3) is 0.0625. The van der Waals surface area contributed by atoms with Gasteiger partial charge in [-0.15, -0.1) is 0 Å². The molecule has 4 N–H and O–H groups in total. The Labute approximate surface area is 126 Å². The maximum Gasteiger partial charge on any atom is 0.255 e. The Morgan fingerprint density at radius 2 is 1.91 bits per heavy atom. The molecule has 0 spiro atoms. The van der Waals surface area contributed by atoms with Gasteiger partial charge in [0.2, 0.25) is 5.91 Å². The van der Waals surface area contributed by atoms with Crippen LogP contribution in [-0.2, 0) is 11.2 Å². The minimum Gasteiger partial charge on any atom is -0.369 e. The number of nitrogens with two attached hydrogens (primary N) is 1. The van der Waals surface area contributed by atoms with Gasteiger partial charge in [0, 0.05) is 16.6 Å². The standard InChI is InChI=1S/C16H14N4O2/c17-15(21)7-10-1-4-13(5-2-10)19-16(22)11-3-6-14-12(8-11)9-18-20-14/h1-6,8-9H,7H2,(H2,17,21)(H,18,20)(H,19,22). The van der Waals surface area contributed by atoms with Gasteiger partial charge in [0.05, 0.1) is 18.1 Å². The highest BCUT2D eigenvalue weighted by atomic mass is 16.2. The average Bonchev–Trinajstić information content (AvgIpc) is 2.96. The molecule has 0 saturated carbocycles. The lowest BCUT2D eigenvalue weighted by molar-refractivity contribution is -0.117. The lowest BCUT2D eigenvalue weighted by atomic mass is 10.1. The van der Waals surface area contributed by atoms with Crippen LogP contribution < -0.4 is 11.1 Å². The largest absolute Gasteiger partial charge is 0.369 e. The second-order valence-electron chi connectivity index (χ2n) is 4.97. The van der Waals surface area contributed by atoms with Crippen LogP contribution >= 0.6 is 0 Å². The SMILES string of the molecule is NC(=O)Cc1ccc(NC(=O)c2ccc3[nH]ncc3c2)cc1. The first-order valence-electron chi connectivity index (χ1n) is 6.73. The van der Waals surface area contributed by atoms with E-state index in [9.17, 15) is 9.59 Å². The topological polar surface area (TPSA) is 101 Å². The van der Waals surface area contributed by atoms with Crippen LogP contribution in [0, 0.1) is 0 Å². The number of amides is 2. The van der Waals surface area contributed by atoms with Gasteiger partial charge in [-0.05, 0) is 35.9 Å². The zero-order chi connectivity index (χ0) is 15.5. The number of nitrogens with zero attached hydrogens (tertiary/aromatic N) is 1. The number of primary amides is 1. The summed E-state index contributed by atoms with van der Waals surface area (Å²) in [7, 11) is 0. The van der Waals surface area contributed by atoms with Crippen molar-refractivity contribution in [3.8, 4) is 0 Å². The molecule has 0 aliphatic rings. The third-order valence-electron chi connectivity index (χ3n) is 3.29. The lowest BCUT2D eigenvalue weighted by Crippen LogP contribution is -2.14. The predicted octanol–water partition coefficient (Wildman–Crippen LogP) is 1.84. The van der Waals surface area contributed by atoms with Crippen LogP contribution in [0.1, 0.15) is 15.9 Å². The highest BCUT2D eigenvalue weighted by molar-refractivity contribution is 6.06. The van der Waals surface area contributed by atoms with Crippen molar-refractivity contribution >= 4 is 28.4 Å². The number of rotatable bonds is 4. The summed E-state index contributed by atoms with van der Waals surface area (Å²) in [5, 5.41) is 10.5. The van der Waals surface area contributed by atoms with E-state index in [-0.39, 0.29) is 18.2 Å². The van der Waals surface area contributed by atoms with Crippen molar-refractivity contribution in [2.45, 2.75) is 6.42 Å². The molecule has 0 saturated heterocycles. The normalized spacial score (nSPS) is 10.5. The molecular formula is C16H14N4O2. The molecule has 0 atom stereocenters. The number of hydrogen-bond acceptors (Lipinski definition) is 3. The summed E-state index contributed by atoms with van der Waals surface area (Å²) in [6, 6.07) is 12.3. The highest BCUT2D eigenvalue weighted by Gasteiger charge is 2.08. The summed E-state index contributed by atoms with van der Waals surface area (Å²) in [5.74, 6) is -0.587. The molecule has 2 aromatic carbocycles. The highest BCUT2D eigenvalue weighted by Crippen LogP contribution is 2.15. The molecule has 0 bridgehead atoms. The molecule has 1 heterocycles. The van der Waals surface area contributed by atoms with Gasteiger partial charge in [0.1, 0.15) is 0 Å². The van der Waals surface area contributed by atoms with E-state index in [0.29, 0.717) is 11.3 Å². The van der Waals surface area contributed by atoms with Crippen molar-refractivity contribution in [1.82, 2.24) is 10.2 Å². The Morgan fingerprint density at radius 3 is 2.64 bits per heavy atom. The van der Waals surface area contributed by atoms with Crippen LogP contribution in [0.4, 0.5) is 5.69 Å². The quantitative estimate of drug-likeness (QED) is 0.684. The zero-order valence-electron chi connectivity index (χ0n) is 11.7. The average molecular weight is 294 g/mol. The molecule has 0 aliphatic carbocycles. The summed E-state index contributed by atoms with van der Waals surface area (Å²) >= 11 is 0. The van der Waals surface area contributed by atoms with Crippen LogP contribution in [0.5, 0.6) is 0 Å². The monoisotopic (exact) mass is 294 g/mol.